The largest absolute Gasteiger partial charge is 0.396 e. The molecule has 0 saturated heterocycles. The summed E-state index contributed by atoms with van der Waals surface area (Å²) in [5, 5.41) is 25.9. The molecule has 0 bridgehead atoms. The lowest BCUT2D eigenvalue weighted by molar-refractivity contribution is 0.260. The van der Waals surface area contributed by atoms with E-state index in [-0.39, 0.29) is 23.7 Å². The third-order valence-corrected chi connectivity index (χ3v) is 15.8. The number of thioether (sulfide) groups is 8. The molecule has 2 amide bonds. The Morgan fingerprint density at radius 2 is 1.04 bits per heavy atom. The molecule has 4 N–H and O–H groups in total. The molecule has 2 atom stereocenters. The SMILES string of the molecule is O=C(NCCSCSCCN=CS(=O)CCSCSCCSC(=O)NCCSCSCCN=CS(=O)CCCO)SCCCO. The van der Waals surface area contributed by atoms with Crippen molar-refractivity contribution in [3.05, 3.63) is 0 Å². The molecule has 0 radical (unpaired) electrons. The number of hydrogen-bond acceptors (Lipinski definition) is 16. The smallest absolute Gasteiger partial charge is 0.279 e. The van der Waals surface area contributed by atoms with Crippen LogP contribution in [0, 0.1) is 0 Å². The van der Waals surface area contributed by atoms with Crippen LogP contribution in [0.4, 0.5) is 9.59 Å². The number of hydrogen-bond donors (Lipinski definition) is 4. The minimum absolute atomic E-state index is 0.0123. The molecule has 0 heterocycles. The Morgan fingerprint density at radius 1 is 0.578 bits per heavy atom. The van der Waals surface area contributed by atoms with Crippen molar-refractivity contribution in [2.24, 2.45) is 9.98 Å². The Kier molecular flexibility index (Phi) is 39.2. The number of rotatable bonds is 32. The number of carbonyl (C=O) groups is 2. The summed E-state index contributed by atoms with van der Waals surface area (Å²) < 4.78 is 23.6. The van der Waals surface area contributed by atoms with Gasteiger partial charge in [0.2, 0.25) is 0 Å². The predicted octanol–water partition coefficient (Wildman–Crippen LogP) is 4.46. The molecule has 0 aliphatic carbocycles. The molecule has 20 heteroatoms. The van der Waals surface area contributed by atoms with Crippen LogP contribution in [0.5, 0.6) is 0 Å². The summed E-state index contributed by atoms with van der Waals surface area (Å²) in [7, 11) is -2.12. The molecule has 0 rings (SSSR count). The molecule has 0 spiro atoms. The lowest BCUT2D eigenvalue weighted by Gasteiger charge is -2.05. The van der Waals surface area contributed by atoms with E-state index in [0.717, 1.165) is 55.5 Å². The van der Waals surface area contributed by atoms with Gasteiger partial charge in [0, 0.05) is 112 Å². The van der Waals surface area contributed by atoms with Gasteiger partial charge in [-0.1, -0.05) is 23.5 Å². The van der Waals surface area contributed by atoms with E-state index in [1.165, 1.54) is 29.1 Å². The number of nitrogens with zero attached hydrogens (tertiary/aromatic N) is 2. The number of aliphatic imine (C=N–C) groups is 2. The minimum Gasteiger partial charge on any atom is -0.396 e. The Bertz CT molecular complexity index is 833. The fourth-order valence-electron chi connectivity index (χ4n) is 2.47. The standard InChI is InChI=1S/C25H48N4O6S10/c30-7-1-9-42-24(32)28-5-12-38-22-37-11-4-27-20-45(35)18-16-41-23-40-14-15-43-25(33)29-6-13-39-21-36-10-3-26-19-44(34)17-2-8-31/h19-20,30-31H,1-18,21-23H2,(H,28,32)(H,29,33). The van der Waals surface area contributed by atoms with Gasteiger partial charge in [-0.3, -0.25) is 28.0 Å². The highest BCUT2D eigenvalue weighted by Crippen LogP contribution is 2.15. The highest BCUT2D eigenvalue weighted by Gasteiger charge is 2.03. The summed E-state index contributed by atoms with van der Waals surface area (Å²) in [5.41, 5.74) is 3.03. The second-order valence-corrected chi connectivity index (χ2v) is 20.9. The zero-order chi connectivity index (χ0) is 33.1. The van der Waals surface area contributed by atoms with Crippen molar-refractivity contribution in [1.29, 1.82) is 0 Å². The average Bonchev–Trinajstić information content (AvgIpc) is 3.03. The van der Waals surface area contributed by atoms with Gasteiger partial charge in [-0.05, 0) is 12.8 Å². The quantitative estimate of drug-likeness (QED) is 0.0327. The summed E-state index contributed by atoms with van der Waals surface area (Å²) in [6.07, 6.45) is 1.16. The predicted molar refractivity (Wildman–Crippen MR) is 217 cm³/mol. The summed E-state index contributed by atoms with van der Waals surface area (Å²) in [6.45, 7) is 2.74. The van der Waals surface area contributed by atoms with Gasteiger partial charge in [0.1, 0.15) is 0 Å². The molecule has 0 fully saturated rings. The van der Waals surface area contributed by atoms with Crippen molar-refractivity contribution in [1.82, 2.24) is 10.6 Å². The van der Waals surface area contributed by atoms with Crippen LogP contribution in [0.2, 0.25) is 0 Å². The van der Waals surface area contributed by atoms with Crippen molar-refractivity contribution in [2.45, 2.75) is 12.8 Å². The summed E-state index contributed by atoms with van der Waals surface area (Å²) in [6, 6.07) is 0. The van der Waals surface area contributed by atoms with Gasteiger partial charge < -0.3 is 20.8 Å². The third kappa shape index (κ3) is 38.0. The van der Waals surface area contributed by atoms with E-state index in [0.29, 0.717) is 56.3 Å². The van der Waals surface area contributed by atoms with Crippen molar-refractivity contribution in [3.8, 4) is 0 Å². The molecule has 0 aromatic heterocycles. The number of nitrogens with one attached hydrogen (secondary N) is 2. The normalized spacial score (nSPS) is 13.0. The van der Waals surface area contributed by atoms with Gasteiger partial charge in [0.25, 0.3) is 10.5 Å². The van der Waals surface area contributed by atoms with Crippen LogP contribution in [0.15, 0.2) is 9.98 Å². The highest BCUT2D eigenvalue weighted by atomic mass is 32.2. The molecule has 264 valence electrons. The number of amides is 2. The molecule has 0 aliphatic rings. The first-order valence-electron chi connectivity index (χ1n) is 14.2. The average molecular weight is 821 g/mol. The fraction of sp³-hybridized carbons (Fsp3) is 0.840. The topological polar surface area (TPSA) is 158 Å². The van der Waals surface area contributed by atoms with Crippen molar-refractivity contribution < 1.29 is 28.2 Å². The Hall–Kier alpha value is 1.30. The van der Waals surface area contributed by atoms with Gasteiger partial charge in [-0.15, -0.1) is 47.0 Å². The van der Waals surface area contributed by atoms with E-state index in [1.807, 2.05) is 0 Å². The second kappa shape index (κ2) is 38.1. The van der Waals surface area contributed by atoms with Gasteiger partial charge in [0.05, 0.1) is 32.7 Å². The van der Waals surface area contributed by atoms with E-state index in [9.17, 15) is 18.0 Å². The van der Waals surface area contributed by atoms with Crippen molar-refractivity contribution in [2.75, 3.05) is 112 Å². The molecular formula is C25H48N4O6S10. The maximum absolute atomic E-state index is 12.1. The zero-order valence-electron chi connectivity index (χ0n) is 25.5. The van der Waals surface area contributed by atoms with E-state index in [1.54, 1.807) is 76.1 Å². The van der Waals surface area contributed by atoms with Gasteiger partial charge >= 0.3 is 0 Å². The Balaban J connectivity index is 3.41. The van der Waals surface area contributed by atoms with E-state index in [2.05, 4.69) is 20.6 Å². The van der Waals surface area contributed by atoms with Crippen LogP contribution in [0.3, 0.4) is 0 Å². The summed E-state index contributed by atoms with van der Waals surface area (Å²) >= 11 is 13.1. The first-order valence-corrected chi connectivity index (χ1v) is 25.9. The van der Waals surface area contributed by atoms with Crippen LogP contribution in [-0.2, 0) is 21.6 Å². The maximum Gasteiger partial charge on any atom is 0.279 e. The zero-order valence-corrected chi connectivity index (χ0v) is 33.7. The summed E-state index contributed by atoms with van der Waals surface area (Å²) in [4.78, 5) is 31.9. The van der Waals surface area contributed by atoms with Crippen LogP contribution < -0.4 is 10.6 Å². The van der Waals surface area contributed by atoms with Crippen LogP contribution in [0.25, 0.3) is 0 Å². The van der Waals surface area contributed by atoms with Gasteiger partial charge in [-0.2, -0.15) is 23.5 Å². The molecule has 0 aliphatic heterocycles. The highest BCUT2D eigenvalue weighted by molar-refractivity contribution is 8.18. The molecule has 0 aromatic rings. The maximum atomic E-state index is 12.1. The molecule has 2 unspecified atom stereocenters. The minimum atomic E-state index is -1.08. The summed E-state index contributed by atoms with van der Waals surface area (Å²) in [5.74, 6) is 7.63. The fourth-order valence-corrected chi connectivity index (χ4v) is 11.8. The van der Waals surface area contributed by atoms with Crippen molar-refractivity contribution in [3.63, 3.8) is 0 Å². The monoisotopic (exact) mass is 820 g/mol. The molecule has 45 heavy (non-hydrogen) atoms. The first kappa shape index (κ1) is 46.3. The van der Waals surface area contributed by atoms with Gasteiger partial charge in [0.15, 0.2) is 0 Å². The van der Waals surface area contributed by atoms with Crippen LogP contribution in [-0.4, -0.2) is 152 Å². The number of carbonyl (C=O) groups excluding carboxylic acids is 2. The van der Waals surface area contributed by atoms with E-state index < -0.39 is 21.6 Å². The molecule has 10 nitrogen and oxygen atoms in total. The first-order chi connectivity index (χ1) is 22.0. The van der Waals surface area contributed by atoms with Crippen LogP contribution in [0.1, 0.15) is 12.8 Å². The van der Waals surface area contributed by atoms with E-state index in [4.69, 9.17) is 10.2 Å². The lowest BCUT2D eigenvalue weighted by Crippen LogP contribution is -2.22. The molecule has 0 saturated carbocycles. The van der Waals surface area contributed by atoms with Gasteiger partial charge in [-0.25, -0.2) is 0 Å². The Labute approximate surface area is 308 Å². The van der Waals surface area contributed by atoms with Crippen LogP contribution >= 0.6 is 94.1 Å². The van der Waals surface area contributed by atoms with Crippen molar-refractivity contribution >= 4 is 137 Å². The number of aliphatic hydroxyl groups excluding tert-OH is 2. The van der Waals surface area contributed by atoms with E-state index >= 15 is 0 Å². The lowest BCUT2D eigenvalue weighted by atomic mass is 10.5. The molecule has 0 aromatic carbocycles. The second-order valence-electron chi connectivity index (χ2n) is 8.28. The number of aliphatic hydroxyl groups is 2. The third-order valence-electron chi connectivity index (χ3n) is 4.57. The Morgan fingerprint density at radius 3 is 1.60 bits per heavy atom. The molecular weight excluding hydrogens is 773 g/mol.